The quantitative estimate of drug-likeness (QED) is 0.376. The fourth-order valence-electron chi connectivity index (χ4n) is 4.13. The molecule has 6 nitrogen and oxygen atoms in total. The molecule has 0 saturated heterocycles. The summed E-state index contributed by atoms with van der Waals surface area (Å²) in [5.41, 5.74) is 5.11. The summed E-state index contributed by atoms with van der Waals surface area (Å²) in [6.07, 6.45) is 0. The number of aromatic nitrogens is 2. The van der Waals surface area contributed by atoms with Crippen LogP contribution in [0.5, 0.6) is 0 Å². The van der Waals surface area contributed by atoms with Crippen LogP contribution < -0.4 is 10.4 Å². The number of amidine groups is 1. The van der Waals surface area contributed by atoms with Crippen molar-refractivity contribution in [3.05, 3.63) is 101 Å². The minimum absolute atomic E-state index is 0.342. The number of anilines is 1. The molecule has 1 atom stereocenters. The highest BCUT2D eigenvalue weighted by Gasteiger charge is 2.43. The second-order valence-corrected chi connectivity index (χ2v) is 10.9. The number of aryl methyl sites for hydroxylation is 3. The standard InChI is InChI=1S/C26H25FN5OP/c1-17-10-15-22(16-18(17)2)30-34(33)24-19(3)29-32(23-8-6-5-7-9-23)26(24)28-25(31(34)4)20-11-13-21(27)14-12-20/h5-16H,1-4H3,(H,30,33)/t34-/m0/s1. The maximum absolute atomic E-state index is 14.9. The first-order valence-corrected chi connectivity index (χ1v) is 12.6. The molecule has 2 heterocycles. The van der Waals surface area contributed by atoms with Crippen LogP contribution in [0.1, 0.15) is 22.4 Å². The number of para-hydroxylation sites is 1. The SMILES string of the molecule is Cc1ccc(N[P@@]2(=O)c3c(C)nn(-c4ccccc4)c3N=C(c3ccc(F)cc3)N2C)cc1C. The van der Waals surface area contributed by atoms with Gasteiger partial charge < -0.3 is 5.09 Å². The molecule has 1 N–H and O–H groups in total. The number of halogens is 1. The molecule has 0 bridgehead atoms. The molecule has 34 heavy (non-hydrogen) atoms. The van der Waals surface area contributed by atoms with Crippen molar-refractivity contribution in [2.45, 2.75) is 20.8 Å². The van der Waals surface area contributed by atoms with Gasteiger partial charge in [0, 0.05) is 18.3 Å². The molecule has 0 fully saturated rings. The zero-order valence-electron chi connectivity index (χ0n) is 19.5. The van der Waals surface area contributed by atoms with Gasteiger partial charge in [0.05, 0.1) is 11.4 Å². The summed E-state index contributed by atoms with van der Waals surface area (Å²) in [6.45, 7) is 5.91. The van der Waals surface area contributed by atoms with Crippen LogP contribution in [0.2, 0.25) is 0 Å². The Morgan fingerprint density at radius 1 is 0.912 bits per heavy atom. The lowest BCUT2D eigenvalue weighted by atomic mass is 10.1. The second-order valence-electron chi connectivity index (χ2n) is 8.46. The minimum atomic E-state index is -3.45. The molecule has 4 aromatic rings. The van der Waals surface area contributed by atoms with Crippen molar-refractivity contribution < 1.29 is 8.96 Å². The highest BCUT2D eigenvalue weighted by atomic mass is 31.2. The lowest BCUT2D eigenvalue weighted by molar-refractivity contribution is 0.553. The summed E-state index contributed by atoms with van der Waals surface area (Å²) >= 11 is 0. The lowest BCUT2D eigenvalue weighted by Crippen LogP contribution is -2.36. The largest absolute Gasteiger partial charge is 0.317 e. The first kappa shape index (κ1) is 22.1. The van der Waals surface area contributed by atoms with Crippen LogP contribution in [0.3, 0.4) is 0 Å². The first-order chi connectivity index (χ1) is 16.3. The van der Waals surface area contributed by atoms with E-state index in [-0.39, 0.29) is 5.82 Å². The monoisotopic (exact) mass is 473 g/mol. The van der Waals surface area contributed by atoms with E-state index in [4.69, 9.17) is 10.1 Å². The summed E-state index contributed by atoms with van der Waals surface area (Å²) in [6, 6.07) is 21.6. The third kappa shape index (κ3) is 3.62. The van der Waals surface area contributed by atoms with Crippen LogP contribution in [0.15, 0.2) is 77.8 Å². The predicted octanol–water partition coefficient (Wildman–Crippen LogP) is 5.89. The van der Waals surface area contributed by atoms with Gasteiger partial charge >= 0.3 is 0 Å². The van der Waals surface area contributed by atoms with Crippen LogP contribution in [-0.2, 0) is 4.57 Å². The number of aliphatic imine (C=N–C) groups is 1. The average Bonchev–Trinajstić information content (AvgIpc) is 3.17. The maximum Gasteiger partial charge on any atom is 0.296 e. The second kappa shape index (κ2) is 8.26. The molecule has 0 radical (unpaired) electrons. The van der Waals surface area contributed by atoms with Gasteiger partial charge in [0.15, 0.2) is 5.82 Å². The van der Waals surface area contributed by atoms with Crippen molar-refractivity contribution in [3.8, 4) is 5.69 Å². The smallest absolute Gasteiger partial charge is 0.296 e. The predicted molar refractivity (Wildman–Crippen MR) is 135 cm³/mol. The zero-order chi connectivity index (χ0) is 24.0. The third-order valence-electron chi connectivity index (χ3n) is 6.14. The fraction of sp³-hybridized carbons (Fsp3) is 0.154. The molecule has 8 heteroatoms. The summed E-state index contributed by atoms with van der Waals surface area (Å²) in [4.78, 5) is 4.90. The average molecular weight is 473 g/mol. The number of benzene rings is 3. The third-order valence-corrected chi connectivity index (χ3v) is 8.87. The Hall–Kier alpha value is -3.70. The Bertz CT molecular complexity index is 1460. The van der Waals surface area contributed by atoms with Gasteiger partial charge in [-0.15, -0.1) is 0 Å². The summed E-state index contributed by atoms with van der Waals surface area (Å²) in [5, 5.41) is 8.60. The van der Waals surface area contributed by atoms with Crippen LogP contribution in [0.25, 0.3) is 5.69 Å². The number of hydrogen-bond acceptors (Lipinski definition) is 3. The molecular weight excluding hydrogens is 448 g/mol. The van der Waals surface area contributed by atoms with Gasteiger partial charge in [-0.25, -0.2) is 14.1 Å². The van der Waals surface area contributed by atoms with E-state index < -0.39 is 7.44 Å². The van der Waals surface area contributed by atoms with E-state index in [1.54, 1.807) is 28.5 Å². The summed E-state index contributed by atoms with van der Waals surface area (Å²) < 4.78 is 31.9. The minimum Gasteiger partial charge on any atom is -0.317 e. The van der Waals surface area contributed by atoms with E-state index in [1.165, 1.54) is 12.1 Å². The van der Waals surface area contributed by atoms with Gasteiger partial charge in [-0.2, -0.15) is 5.10 Å². The summed E-state index contributed by atoms with van der Waals surface area (Å²) in [5.74, 6) is 0.634. The molecule has 0 saturated carbocycles. The van der Waals surface area contributed by atoms with Crippen molar-refractivity contribution in [3.63, 3.8) is 0 Å². The Morgan fingerprint density at radius 3 is 2.29 bits per heavy atom. The van der Waals surface area contributed by atoms with E-state index in [2.05, 4.69) is 5.09 Å². The number of nitrogens with zero attached hydrogens (tertiary/aromatic N) is 4. The van der Waals surface area contributed by atoms with Crippen LogP contribution in [0, 0.1) is 26.6 Å². The van der Waals surface area contributed by atoms with E-state index in [1.807, 2.05) is 69.3 Å². The molecule has 5 rings (SSSR count). The Labute approximate surface area is 198 Å². The van der Waals surface area contributed by atoms with Gasteiger partial charge in [-0.3, -0.25) is 9.24 Å². The molecule has 172 valence electrons. The first-order valence-electron chi connectivity index (χ1n) is 11.0. The molecule has 1 aromatic heterocycles. The van der Waals surface area contributed by atoms with Crippen LogP contribution in [0.4, 0.5) is 15.9 Å². The number of rotatable bonds is 4. The van der Waals surface area contributed by atoms with Gasteiger partial charge in [0.25, 0.3) is 7.44 Å². The van der Waals surface area contributed by atoms with Gasteiger partial charge in [0.1, 0.15) is 17.0 Å². The van der Waals surface area contributed by atoms with Crippen molar-refractivity contribution in [1.82, 2.24) is 14.5 Å². The fourth-order valence-corrected chi connectivity index (χ4v) is 6.51. The van der Waals surface area contributed by atoms with Gasteiger partial charge in [-0.05, 0) is 80.4 Å². The topological polar surface area (TPSA) is 62.5 Å². The Kier molecular flexibility index (Phi) is 5.37. The van der Waals surface area contributed by atoms with E-state index in [9.17, 15) is 8.96 Å². The van der Waals surface area contributed by atoms with Crippen LogP contribution in [-0.4, -0.2) is 27.3 Å². The van der Waals surface area contributed by atoms with Gasteiger partial charge in [-0.1, -0.05) is 24.3 Å². The van der Waals surface area contributed by atoms with Crippen molar-refractivity contribution in [1.29, 1.82) is 0 Å². The molecule has 0 spiro atoms. The zero-order valence-corrected chi connectivity index (χ0v) is 20.3. The lowest BCUT2D eigenvalue weighted by Gasteiger charge is -2.35. The normalized spacial score (nSPS) is 17.3. The summed E-state index contributed by atoms with van der Waals surface area (Å²) in [7, 11) is -1.70. The molecule has 1 aliphatic rings. The number of nitrogens with one attached hydrogen (secondary N) is 1. The molecular formula is C26H25FN5OP. The number of hydrogen-bond donors (Lipinski definition) is 1. The maximum atomic E-state index is 14.9. The highest BCUT2D eigenvalue weighted by molar-refractivity contribution is 7.72. The highest BCUT2D eigenvalue weighted by Crippen LogP contribution is 2.54. The van der Waals surface area contributed by atoms with E-state index >= 15 is 0 Å². The Morgan fingerprint density at radius 2 is 1.62 bits per heavy atom. The van der Waals surface area contributed by atoms with Crippen molar-refractivity contribution in [2.24, 2.45) is 4.99 Å². The molecule has 0 amide bonds. The van der Waals surface area contributed by atoms with Crippen LogP contribution >= 0.6 is 7.44 Å². The van der Waals surface area contributed by atoms with E-state index in [0.29, 0.717) is 28.2 Å². The Balaban J connectivity index is 1.74. The molecule has 1 aliphatic heterocycles. The number of fused-ring (bicyclic) bond motifs is 1. The van der Waals surface area contributed by atoms with Gasteiger partial charge in [0.2, 0.25) is 0 Å². The van der Waals surface area contributed by atoms with Crippen molar-refractivity contribution >= 4 is 30.1 Å². The molecule has 3 aromatic carbocycles. The molecule has 0 aliphatic carbocycles. The van der Waals surface area contributed by atoms with Crippen molar-refractivity contribution in [2.75, 3.05) is 12.1 Å². The van der Waals surface area contributed by atoms with E-state index in [0.717, 1.165) is 22.5 Å². The molecule has 0 unspecified atom stereocenters.